The van der Waals surface area contributed by atoms with Gasteiger partial charge in [0, 0.05) is 43.0 Å². The Morgan fingerprint density at radius 1 is 0.819 bits per heavy atom. The highest BCUT2D eigenvalue weighted by atomic mass is 32.2. The Balaban J connectivity index is 1.59. The molecule has 0 unspecified atom stereocenters. The number of hydrogen-bond donors (Lipinski definition) is 13. The summed E-state index contributed by atoms with van der Waals surface area (Å²) in [5.74, 6) is -6.68. The molecular weight excluding hydrogens is 953 g/mol. The number of rotatable bonds is 28. The van der Waals surface area contributed by atoms with Gasteiger partial charge in [0.15, 0.2) is 5.96 Å². The first kappa shape index (κ1) is 57.7. The molecule has 0 aliphatic carbocycles. The van der Waals surface area contributed by atoms with E-state index in [-0.39, 0.29) is 56.9 Å². The van der Waals surface area contributed by atoms with Gasteiger partial charge in [0.2, 0.25) is 41.4 Å². The van der Waals surface area contributed by atoms with Crippen molar-refractivity contribution in [2.24, 2.45) is 28.1 Å². The monoisotopic (exact) mass is 1020 g/mol. The first-order chi connectivity index (χ1) is 34.3. The molecule has 0 saturated carbocycles. The smallest absolute Gasteiger partial charge is 0.326 e. The van der Waals surface area contributed by atoms with Crippen LogP contribution in [0.4, 0.5) is 0 Å². The standard InChI is InChI=1S/C48H70N12O11S/c1-5-26(2)39(45(68)55-34(47(70)71)12-8-19-52-48(50)51)59-42(65)35(23-29-24-53-33-11-7-6-10-31(29)33)56-44(67)38-13-9-20-60(38)46(69)36(22-28-14-16-30(62)17-15-28)57-43(66)37(25-61)58-40(63)27(3)54-41(64)32(49)18-21-72-4/h6-7,10-11,14-17,24,26-27,32,34-39,53,61-62H,5,8-9,12-13,18-23,25,49H2,1-4H3,(H,54,64)(H,55,68)(H,56,67)(H,57,66)(H,58,63)(H,59,65)(H,70,71)(H4,50,51,52)/t26-,27-,32-,34-,35-,36-,37-,38+,39-/m1/s1. The fourth-order valence-corrected chi connectivity index (χ4v) is 8.56. The number of thioether (sulfide) groups is 1. The van der Waals surface area contributed by atoms with Gasteiger partial charge in [-0.15, -0.1) is 0 Å². The maximum atomic E-state index is 14.7. The third-order valence-corrected chi connectivity index (χ3v) is 13.1. The number of aliphatic hydroxyl groups is 1. The highest BCUT2D eigenvalue weighted by Crippen LogP contribution is 2.23. The number of para-hydroxylation sites is 1. The SMILES string of the molecule is CC[C@@H](C)[C@@H](NC(=O)[C@@H](Cc1c[nH]c2ccccc12)NC(=O)[C@@H]1CCCN1C(=O)[C@@H](Cc1ccc(O)cc1)NC(=O)[C@@H](CO)NC(=O)[C@@H](C)NC(=O)[C@H](N)CCSC)C(=O)N[C@H](CCCN=C(N)N)C(=O)O. The number of amides is 7. The van der Waals surface area contributed by atoms with Gasteiger partial charge in [0.05, 0.1) is 12.6 Å². The molecule has 24 heteroatoms. The van der Waals surface area contributed by atoms with Crippen LogP contribution in [0.15, 0.2) is 59.7 Å². The molecule has 1 saturated heterocycles. The number of phenols is 1. The van der Waals surface area contributed by atoms with Gasteiger partial charge in [0.25, 0.3) is 0 Å². The zero-order chi connectivity index (χ0) is 53.1. The average Bonchev–Trinajstić information content (AvgIpc) is 4.02. The second kappa shape index (κ2) is 28.2. The zero-order valence-corrected chi connectivity index (χ0v) is 41.8. The summed E-state index contributed by atoms with van der Waals surface area (Å²) in [5, 5.41) is 46.6. The summed E-state index contributed by atoms with van der Waals surface area (Å²) in [6.07, 6.45) is 4.84. The van der Waals surface area contributed by atoms with Crippen LogP contribution >= 0.6 is 11.8 Å². The van der Waals surface area contributed by atoms with E-state index in [4.69, 9.17) is 17.2 Å². The summed E-state index contributed by atoms with van der Waals surface area (Å²) in [4.78, 5) is 118. The van der Waals surface area contributed by atoms with Crippen LogP contribution < -0.4 is 49.1 Å². The maximum Gasteiger partial charge on any atom is 0.326 e. The number of benzene rings is 2. The molecule has 1 aliphatic heterocycles. The lowest BCUT2D eigenvalue weighted by atomic mass is 9.96. The molecule has 2 aromatic carbocycles. The molecule has 0 radical (unpaired) electrons. The van der Waals surface area contributed by atoms with Crippen molar-refractivity contribution >= 4 is 75.9 Å². The predicted octanol–water partition coefficient (Wildman–Crippen LogP) is -1.16. The molecule has 1 aromatic heterocycles. The van der Waals surface area contributed by atoms with Crippen LogP contribution in [-0.4, -0.2) is 159 Å². The lowest BCUT2D eigenvalue weighted by Gasteiger charge is -2.31. The lowest BCUT2D eigenvalue weighted by Crippen LogP contribution is -2.61. The highest BCUT2D eigenvalue weighted by Gasteiger charge is 2.41. The molecule has 72 heavy (non-hydrogen) atoms. The van der Waals surface area contributed by atoms with Gasteiger partial charge in [-0.1, -0.05) is 50.6 Å². The topological polar surface area (TPSA) is 379 Å². The van der Waals surface area contributed by atoms with Crippen LogP contribution in [0.3, 0.4) is 0 Å². The third kappa shape index (κ3) is 16.9. The van der Waals surface area contributed by atoms with Gasteiger partial charge < -0.3 is 74.3 Å². The van der Waals surface area contributed by atoms with Crippen molar-refractivity contribution in [2.75, 3.05) is 31.7 Å². The molecule has 1 aliphatic rings. The number of nitrogens with zero attached hydrogens (tertiary/aromatic N) is 2. The second-order valence-corrected chi connectivity index (χ2v) is 18.8. The number of carboxylic acids is 1. The first-order valence-electron chi connectivity index (χ1n) is 23.9. The number of hydrogen-bond acceptors (Lipinski definition) is 13. The maximum absolute atomic E-state index is 14.7. The highest BCUT2D eigenvalue weighted by molar-refractivity contribution is 7.98. The predicted molar refractivity (Wildman–Crippen MR) is 271 cm³/mol. The molecule has 0 bridgehead atoms. The number of phenolic OH excluding ortho intramolecular Hbond substituents is 1. The number of nitrogens with one attached hydrogen (secondary N) is 7. The van der Waals surface area contributed by atoms with E-state index in [0.29, 0.717) is 36.1 Å². The summed E-state index contributed by atoms with van der Waals surface area (Å²) in [6, 6.07) is 3.12. The lowest BCUT2D eigenvalue weighted by molar-refractivity contribution is -0.143. The number of fused-ring (bicyclic) bond motifs is 1. The summed E-state index contributed by atoms with van der Waals surface area (Å²) in [7, 11) is 0. The van der Waals surface area contributed by atoms with Crippen molar-refractivity contribution in [3.05, 3.63) is 65.9 Å². The minimum atomic E-state index is -1.58. The van der Waals surface area contributed by atoms with Crippen molar-refractivity contribution in [3.8, 4) is 5.75 Å². The molecular formula is C48H70N12O11S. The molecule has 7 amide bonds. The molecule has 1 fully saturated rings. The minimum Gasteiger partial charge on any atom is -0.508 e. The van der Waals surface area contributed by atoms with E-state index in [1.165, 1.54) is 47.9 Å². The van der Waals surface area contributed by atoms with Gasteiger partial charge in [0.1, 0.15) is 48.0 Å². The fourth-order valence-electron chi connectivity index (χ4n) is 8.07. The largest absolute Gasteiger partial charge is 0.508 e. The van der Waals surface area contributed by atoms with Crippen molar-refractivity contribution in [1.82, 2.24) is 41.8 Å². The molecule has 16 N–H and O–H groups in total. The van der Waals surface area contributed by atoms with E-state index in [0.717, 1.165) is 10.9 Å². The fraction of sp³-hybridized carbons (Fsp3) is 0.521. The Bertz CT molecular complexity index is 2380. The number of aliphatic carboxylic acids is 1. The summed E-state index contributed by atoms with van der Waals surface area (Å²) >= 11 is 1.50. The molecule has 9 atom stereocenters. The normalized spacial score (nSPS) is 16.6. The van der Waals surface area contributed by atoms with Crippen LogP contribution in [0, 0.1) is 5.92 Å². The van der Waals surface area contributed by atoms with E-state index in [1.807, 2.05) is 30.5 Å². The quantitative estimate of drug-likeness (QED) is 0.0232. The van der Waals surface area contributed by atoms with Crippen molar-refractivity contribution < 1.29 is 53.7 Å². The Kier molecular flexibility index (Phi) is 22.6. The van der Waals surface area contributed by atoms with Crippen molar-refractivity contribution in [1.29, 1.82) is 0 Å². The number of aliphatic hydroxyl groups excluding tert-OH is 1. The van der Waals surface area contributed by atoms with Crippen LogP contribution in [0.1, 0.15) is 70.4 Å². The number of aromatic amines is 1. The van der Waals surface area contributed by atoms with E-state index in [2.05, 4.69) is 41.9 Å². The number of aromatic nitrogens is 1. The molecule has 394 valence electrons. The van der Waals surface area contributed by atoms with Crippen LogP contribution in [0.5, 0.6) is 5.75 Å². The summed E-state index contributed by atoms with van der Waals surface area (Å²) in [6.45, 7) is 4.20. The number of likely N-dealkylation sites (tertiary alicyclic amines) is 1. The Hall–Kier alpha value is -6.92. The van der Waals surface area contributed by atoms with Crippen LogP contribution in [0.25, 0.3) is 10.9 Å². The van der Waals surface area contributed by atoms with Crippen molar-refractivity contribution in [3.63, 3.8) is 0 Å². The van der Waals surface area contributed by atoms with E-state index in [9.17, 15) is 53.7 Å². The number of carbonyl (C=O) groups excluding carboxylic acids is 7. The summed E-state index contributed by atoms with van der Waals surface area (Å²) in [5.41, 5.74) is 18.6. The number of guanidine groups is 1. The number of aromatic hydroxyl groups is 1. The second-order valence-electron chi connectivity index (χ2n) is 17.8. The zero-order valence-electron chi connectivity index (χ0n) is 41.0. The molecule has 0 spiro atoms. The van der Waals surface area contributed by atoms with E-state index in [1.54, 1.807) is 20.0 Å². The number of carbonyl (C=O) groups is 8. The van der Waals surface area contributed by atoms with E-state index >= 15 is 0 Å². The molecule has 4 rings (SSSR count). The number of aliphatic imine (C=N–C) groups is 1. The van der Waals surface area contributed by atoms with Crippen LogP contribution in [-0.2, 0) is 51.2 Å². The first-order valence-corrected chi connectivity index (χ1v) is 25.3. The van der Waals surface area contributed by atoms with Crippen LogP contribution in [0.2, 0.25) is 0 Å². The Labute approximate surface area is 422 Å². The number of carboxylic acid groups (broad SMARTS) is 1. The summed E-state index contributed by atoms with van der Waals surface area (Å²) < 4.78 is 0. The molecule has 3 aromatic rings. The molecule has 2 heterocycles. The third-order valence-electron chi connectivity index (χ3n) is 12.5. The molecule has 23 nitrogen and oxygen atoms in total. The number of nitrogens with two attached hydrogens (primary N) is 3. The van der Waals surface area contributed by atoms with Crippen molar-refractivity contribution in [2.45, 2.75) is 120 Å². The van der Waals surface area contributed by atoms with Gasteiger partial charge in [-0.3, -0.25) is 38.6 Å². The van der Waals surface area contributed by atoms with Gasteiger partial charge in [-0.2, -0.15) is 11.8 Å². The van der Waals surface area contributed by atoms with Gasteiger partial charge in [-0.05, 0) is 86.3 Å². The van der Waals surface area contributed by atoms with Gasteiger partial charge >= 0.3 is 5.97 Å². The Morgan fingerprint density at radius 3 is 2.14 bits per heavy atom. The van der Waals surface area contributed by atoms with E-state index < -0.39 is 108 Å². The average molecular weight is 1020 g/mol. The number of H-pyrrole nitrogens is 1. The van der Waals surface area contributed by atoms with Gasteiger partial charge in [-0.25, -0.2) is 4.79 Å². The minimum absolute atomic E-state index is 0.0120. The Morgan fingerprint density at radius 2 is 1.49 bits per heavy atom.